The molecule has 1 unspecified atom stereocenters. The Hall–Kier alpha value is -2.15. The number of hydrogen-bond acceptors (Lipinski definition) is 5. The molecule has 7 heteroatoms. The maximum atomic E-state index is 13.0. The molecule has 7 nitrogen and oxygen atoms in total. The summed E-state index contributed by atoms with van der Waals surface area (Å²) in [7, 11) is 0. The summed E-state index contributed by atoms with van der Waals surface area (Å²) in [6.07, 6.45) is 3.97. The van der Waals surface area contributed by atoms with Crippen LogP contribution >= 0.6 is 0 Å². The number of carbonyl (C=O) groups excluding carboxylic acids is 1. The Kier molecular flexibility index (Phi) is 4.80. The van der Waals surface area contributed by atoms with Gasteiger partial charge in [0.05, 0.1) is 5.92 Å². The third-order valence-corrected chi connectivity index (χ3v) is 5.71. The van der Waals surface area contributed by atoms with E-state index in [9.17, 15) is 4.79 Å². The number of nitrogens with zero attached hydrogens (tertiary/aromatic N) is 6. The Labute approximate surface area is 154 Å². The summed E-state index contributed by atoms with van der Waals surface area (Å²) in [4.78, 5) is 19.8. The Bertz CT molecular complexity index is 764. The van der Waals surface area contributed by atoms with Crippen molar-refractivity contribution >= 4 is 17.5 Å². The first-order chi connectivity index (χ1) is 12.6. The Morgan fingerprint density at radius 1 is 1.12 bits per heavy atom. The summed E-state index contributed by atoms with van der Waals surface area (Å²) >= 11 is 0. The fourth-order valence-corrected chi connectivity index (χ4v) is 4.12. The van der Waals surface area contributed by atoms with Crippen LogP contribution in [-0.2, 0) is 4.79 Å². The van der Waals surface area contributed by atoms with Crippen molar-refractivity contribution < 1.29 is 4.79 Å². The van der Waals surface area contributed by atoms with Crippen molar-refractivity contribution in [3.8, 4) is 0 Å². The van der Waals surface area contributed by atoms with Crippen LogP contribution in [0.4, 0.5) is 5.95 Å². The van der Waals surface area contributed by atoms with Crippen LogP contribution in [0.15, 0.2) is 24.4 Å². The SMILES string of the molecule is CC(C)N1CCN(C(=O)C2CCCN(c3nnc4ccccn34)C2)CC1. The smallest absolute Gasteiger partial charge is 0.231 e. The zero-order chi connectivity index (χ0) is 18.1. The maximum Gasteiger partial charge on any atom is 0.231 e. The second-order valence-electron chi connectivity index (χ2n) is 7.67. The predicted molar refractivity (Wildman–Crippen MR) is 101 cm³/mol. The quantitative estimate of drug-likeness (QED) is 0.834. The topological polar surface area (TPSA) is 57.0 Å². The van der Waals surface area contributed by atoms with Gasteiger partial charge in [0.25, 0.3) is 0 Å². The van der Waals surface area contributed by atoms with Gasteiger partial charge in [-0.15, -0.1) is 10.2 Å². The zero-order valence-electron chi connectivity index (χ0n) is 15.7. The van der Waals surface area contributed by atoms with Crippen molar-refractivity contribution in [3.05, 3.63) is 24.4 Å². The van der Waals surface area contributed by atoms with Crippen molar-refractivity contribution in [1.82, 2.24) is 24.4 Å². The number of hydrogen-bond donors (Lipinski definition) is 0. The molecule has 2 aromatic rings. The number of rotatable bonds is 3. The minimum Gasteiger partial charge on any atom is -0.340 e. The minimum absolute atomic E-state index is 0.0606. The van der Waals surface area contributed by atoms with Gasteiger partial charge >= 0.3 is 0 Å². The number of amides is 1. The van der Waals surface area contributed by atoms with E-state index in [1.54, 1.807) is 0 Å². The summed E-state index contributed by atoms with van der Waals surface area (Å²) < 4.78 is 2.01. The van der Waals surface area contributed by atoms with Gasteiger partial charge in [0.15, 0.2) is 5.65 Å². The molecule has 4 rings (SSSR count). The maximum absolute atomic E-state index is 13.0. The van der Waals surface area contributed by atoms with E-state index < -0.39 is 0 Å². The van der Waals surface area contributed by atoms with Crippen LogP contribution in [0.25, 0.3) is 5.65 Å². The number of aromatic nitrogens is 3. The molecule has 1 atom stereocenters. The van der Waals surface area contributed by atoms with Gasteiger partial charge in [0.2, 0.25) is 11.9 Å². The molecule has 0 bridgehead atoms. The van der Waals surface area contributed by atoms with Crippen molar-refractivity contribution in [2.24, 2.45) is 5.92 Å². The lowest BCUT2D eigenvalue weighted by Gasteiger charge is -2.40. The summed E-state index contributed by atoms with van der Waals surface area (Å²) in [5.41, 5.74) is 0.848. The molecule has 2 aliphatic heterocycles. The fourth-order valence-electron chi connectivity index (χ4n) is 4.12. The van der Waals surface area contributed by atoms with Crippen molar-refractivity contribution in [2.75, 3.05) is 44.2 Å². The van der Waals surface area contributed by atoms with Crippen molar-refractivity contribution in [3.63, 3.8) is 0 Å². The lowest BCUT2D eigenvalue weighted by Crippen LogP contribution is -2.53. The van der Waals surface area contributed by atoms with E-state index in [1.807, 2.05) is 28.8 Å². The monoisotopic (exact) mass is 356 g/mol. The van der Waals surface area contributed by atoms with E-state index in [0.29, 0.717) is 11.9 Å². The molecule has 2 saturated heterocycles. The number of carbonyl (C=O) groups is 1. The highest BCUT2D eigenvalue weighted by molar-refractivity contribution is 5.80. The fraction of sp³-hybridized carbons (Fsp3) is 0.632. The number of piperidine rings is 1. The molecule has 2 aliphatic rings. The number of piperazine rings is 1. The van der Waals surface area contributed by atoms with Gasteiger partial charge in [-0.1, -0.05) is 6.07 Å². The molecule has 26 heavy (non-hydrogen) atoms. The molecular formula is C19H28N6O. The van der Waals surface area contributed by atoms with Gasteiger partial charge < -0.3 is 9.80 Å². The van der Waals surface area contributed by atoms with Crippen LogP contribution in [0.1, 0.15) is 26.7 Å². The Morgan fingerprint density at radius 2 is 1.92 bits per heavy atom. The molecule has 0 spiro atoms. The van der Waals surface area contributed by atoms with Crippen LogP contribution in [-0.4, -0.2) is 75.6 Å². The normalized spacial score (nSPS) is 22.3. The van der Waals surface area contributed by atoms with Crippen LogP contribution in [0.3, 0.4) is 0 Å². The summed E-state index contributed by atoms with van der Waals surface area (Å²) in [5.74, 6) is 1.22. The molecule has 2 fully saturated rings. The number of pyridine rings is 1. The van der Waals surface area contributed by atoms with E-state index in [0.717, 1.165) is 63.7 Å². The lowest BCUT2D eigenvalue weighted by atomic mass is 9.96. The highest BCUT2D eigenvalue weighted by Crippen LogP contribution is 2.24. The first-order valence-corrected chi connectivity index (χ1v) is 9.71. The minimum atomic E-state index is 0.0606. The average Bonchev–Trinajstić information content (AvgIpc) is 3.12. The van der Waals surface area contributed by atoms with E-state index in [1.165, 1.54) is 0 Å². The van der Waals surface area contributed by atoms with Crippen LogP contribution < -0.4 is 4.90 Å². The Balaban J connectivity index is 1.43. The predicted octanol–water partition coefficient (Wildman–Crippen LogP) is 1.50. The molecule has 0 N–H and O–H groups in total. The summed E-state index contributed by atoms with van der Waals surface area (Å²) in [6.45, 7) is 9.77. The average molecular weight is 356 g/mol. The molecule has 0 aliphatic carbocycles. The van der Waals surface area contributed by atoms with Gasteiger partial charge in [-0.2, -0.15) is 0 Å². The number of fused-ring (bicyclic) bond motifs is 1. The van der Waals surface area contributed by atoms with Crippen molar-refractivity contribution in [2.45, 2.75) is 32.7 Å². The highest BCUT2D eigenvalue weighted by atomic mass is 16.2. The summed E-state index contributed by atoms with van der Waals surface area (Å²) in [6, 6.07) is 6.46. The summed E-state index contributed by atoms with van der Waals surface area (Å²) in [5, 5.41) is 8.61. The molecule has 2 aromatic heterocycles. The molecule has 0 saturated carbocycles. The Morgan fingerprint density at radius 3 is 2.69 bits per heavy atom. The second kappa shape index (κ2) is 7.23. The van der Waals surface area contributed by atoms with Crippen LogP contribution in [0.5, 0.6) is 0 Å². The van der Waals surface area contributed by atoms with Gasteiger partial charge in [0.1, 0.15) is 0 Å². The molecule has 4 heterocycles. The first kappa shape index (κ1) is 17.3. The van der Waals surface area contributed by atoms with Gasteiger partial charge in [0, 0.05) is 51.5 Å². The van der Waals surface area contributed by atoms with Gasteiger partial charge in [-0.05, 0) is 38.8 Å². The van der Waals surface area contributed by atoms with E-state index in [-0.39, 0.29) is 5.92 Å². The van der Waals surface area contributed by atoms with Crippen molar-refractivity contribution in [1.29, 1.82) is 0 Å². The van der Waals surface area contributed by atoms with Crippen LogP contribution in [0, 0.1) is 5.92 Å². The molecule has 0 aromatic carbocycles. The third-order valence-electron chi connectivity index (χ3n) is 5.71. The lowest BCUT2D eigenvalue weighted by molar-refractivity contribution is -0.137. The van der Waals surface area contributed by atoms with E-state index in [2.05, 4.69) is 38.7 Å². The first-order valence-electron chi connectivity index (χ1n) is 9.71. The highest BCUT2D eigenvalue weighted by Gasteiger charge is 2.32. The third kappa shape index (κ3) is 3.28. The molecule has 140 valence electrons. The molecule has 1 amide bonds. The van der Waals surface area contributed by atoms with E-state index in [4.69, 9.17) is 0 Å². The van der Waals surface area contributed by atoms with Gasteiger partial charge in [-0.25, -0.2) is 0 Å². The zero-order valence-corrected chi connectivity index (χ0v) is 15.7. The van der Waals surface area contributed by atoms with E-state index >= 15 is 0 Å². The number of anilines is 1. The molecular weight excluding hydrogens is 328 g/mol. The largest absolute Gasteiger partial charge is 0.340 e. The van der Waals surface area contributed by atoms with Crippen LogP contribution in [0.2, 0.25) is 0 Å². The second-order valence-corrected chi connectivity index (χ2v) is 7.67. The standard InChI is InChI=1S/C19H28N6O/c1-15(2)22-10-12-23(13-11-22)18(26)16-6-5-8-24(14-16)19-21-20-17-7-3-4-9-25(17)19/h3-4,7,9,15-16H,5-6,8,10-14H2,1-2H3. The van der Waals surface area contributed by atoms with Gasteiger partial charge in [-0.3, -0.25) is 14.1 Å². The molecule has 0 radical (unpaired) electrons.